The first kappa shape index (κ1) is 12.4. The van der Waals surface area contributed by atoms with Crippen LogP contribution < -0.4 is 0 Å². The molecule has 0 heterocycles. The molecule has 78 valence electrons. The number of hydrogen-bond donors (Lipinski definition) is 1. The minimum Gasteiger partial charge on any atom is -0.481 e. The lowest BCUT2D eigenvalue weighted by atomic mass is 10.2. The van der Waals surface area contributed by atoms with Crippen LogP contribution in [0.2, 0.25) is 0 Å². The van der Waals surface area contributed by atoms with Crippen LogP contribution in [-0.4, -0.2) is 37.0 Å². The highest BCUT2D eigenvalue weighted by Crippen LogP contribution is 1.95. The van der Waals surface area contributed by atoms with Crippen molar-refractivity contribution in [2.75, 3.05) is 19.8 Å². The third-order valence-corrected chi connectivity index (χ3v) is 1.47. The van der Waals surface area contributed by atoms with Crippen molar-refractivity contribution in [1.29, 1.82) is 0 Å². The van der Waals surface area contributed by atoms with Gasteiger partial charge in [0, 0.05) is 0 Å². The lowest BCUT2D eigenvalue weighted by Crippen LogP contribution is -2.18. The van der Waals surface area contributed by atoms with Gasteiger partial charge in [-0.15, -0.1) is 0 Å². The van der Waals surface area contributed by atoms with E-state index in [1.54, 1.807) is 6.92 Å². The summed E-state index contributed by atoms with van der Waals surface area (Å²) in [7, 11) is 0. The predicted octanol–water partition coefficient (Wildman–Crippen LogP) is 1.15. The average molecular weight is 190 g/mol. The highest BCUT2D eigenvalue weighted by Gasteiger charge is 2.09. The van der Waals surface area contributed by atoms with Crippen molar-refractivity contribution in [3.63, 3.8) is 0 Å². The molecule has 0 spiro atoms. The first-order valence-corrected chi connectivity index (χ1v) is 4.46. The van der Waals surface area contributed by atoms with Gasteiger partial charge in [-0.1, -0.05) is 0 Å². The van der Waals surface area contributed by atoms with E-state index in [0.717, 1.165) is 0 Å². The van der Waals surface area contributed by atoms with Gasteiger partial charge in [0.05, 0.1) is 31.8 Å². The first-order chi connectivity index (χ1) is 6.04. The van der Waals surface area contributed by atoms with E-state index in [1.807, 2.05) is 13.8 Å². The second-order valence-electron chi connectivity index (χ2n) is 3.23. The van der Waals surface area contributed by atoms with Crippen LogP contribution in [0.1, 0.15) is 20.8 Å². The molecule has 0 aliphatic carbocycles. The fourth-order valence-electron chi connectivity index (χ4n) is 0.674. The quantitative estimate of drug-likeness (QED) is 0.612. The molecule has 0 amide bonds. The Morgan fingerprint density at radius 3 is 2.38 bits per heavy atom. The maximum absolute atomic E-state index is 10.4. The number of carboxylic acid groups (broad SMARTS) is 1. The lowest BCUT2D eigenvalue weighted by Gasteiger charge is -2.09. The summed E-state index contributed by atoms with van der Waals surface area (Å²) in [6.07, 6.45) is 0.195. The molecule has 0 aliphatic heterocycles. The fraction of sp³-hybridized carbons (Fsp3) is 0.889. The normalized spacial score (nSPS) is 13.2. The van der Waals surface area contributed by atoms with E-state index in [9.17, 15) is 4.79 Å². The molecular weight excluding hydrogens is 172 g/mol. The third kappa shape index (κ3) is 7.74. The number of carbonyl (C=O) groups is 1. The molecule has 0 rings (SSSR count). The van der Waals surface area contributed by atoms with Gasteiger partial charge in [0.1, 0.15) is 0 Å². The van der Waals surface area contributed by atoms with Crippen LogP contribution in [0.25, 0.3) is 0 Å². The van der Waals surface area contributed by atoms with Crippen molar-refractivity contribution in [3.8, 4) is 0 Å². The van der Waals surface area contributed by atoms with E-state index in [4.69, 9.17) is 14.6 Å². The Morgan fingerprint density at radius 2 is 1.92 bits per heavy atom. The summed E-state index contributed by atoms with van der Waals surface area (Å²) in [5.41, 5.74) is 0. The van der Waals surface area contributed by atoms with Crippen LogP contribution in [0.15, 0.2) is 0 Å². The molecule has 0 aromatic rings. The summed E-state index contributed by atoms with van der Waals surface area (Å²) in [6, 6.07) is 0. The monoisotopic (exact) mass is 190 g/mol. The number of hydrogen-bond acceptors (Lipinski definition) is 3. The van der Waals surface area contributed by atoms with Crippen LogP contribution in [0.5, 0.6) is 0 Å². The molecular formula is C9H18O4. The van der Waals surface area contributed by atoms with Gasteiger partial charge >= 0.3 is 5.97 Å². The van der Waals surface area contributed by atoms with Crippen molar-refractivity contribution < 1.29 is 19.4 Å². The van der Waals surface area contributed by atoms with Crippen LogP contribution in [0.4, 0.5) is 0 Å². The lowest BCUT2D eigenvalue weighted by molar-refractivity contribution is -0.143. The fourth-order valence-corrected chi connectivity index (χ4v) is 0.674. The molecule has 0 aliphatic rings. The minimum atomic E-state index is -0.829. The van der Waals surface area contributed by atoms with Crippen molar-refractivity contribution in [3.05, 3.63) is 0 Å². The Balaban J connectivity index is 3.21. The van der Waals surface area contributed by atoms with E-state index in [0.29, 0.717) is 13.2 Å². The van der Waals surface area contributed by atoms with Crippen LogP contribution in [0.3, 0.4) is 0 Å². The zero-order chi connectivity index (χ0) is 10.3. The Morgan fingerprint density at radius 1 is 1.31 bits per heavy atom. The Labute approximate surface area is 78.8 Å². The van der Waals surface area contributed by atoms with E-state index in [-0.39, 0.29) is 12.7 Å². The van der Waals surface area contributed by atoms with Gasteiger partial charge in [-0.25, -0.2) is 0 Å². The Bertz CT molecular complexity index is 145. The summed E-state index contributed by atoms with van der Waals surface area (Å²) in [5.74, 6) is -1.27. The maximum atomic E-state index is 10.4. The zero-order valence-corrected chi connectivity index (χ0v) is 8.45. The summed E-state index contributed by atoms with van der Waals surface area (Å²) in [6.45, 7) is 6.72. The summed E-state index contributed by atoms with van der Waals surface area (Å²) in [4.78, 5) is 10.4. The molecule has 0 saturated carbocycles. The van der Waals surface area contributed by atoms with Gasteiger partial charge in [0.2, 0.25) is 0 Å². The van der Waals surface area contributed by atoms with E-state index < -0.39 is 11.9 Å². The van der Waals surface area contributed by atoms with E-state index in [2.05, 4.69) is 0 Å². The van der Waals surface area contributed by atoms with Crippen LogP contribution in [-0.2, 0) is 14.3 Å². The molecule has 0 aromatic carbocycles. The van der Waals surface area contributed by atoms with Crippen molar-refractivity contribution in [2.24, 2.45) is 5.92 Å². The third-order valence-electron chi connectivity index (χ3n) is 1.47. The smallest absolute Gasteiger partial charge is 0.308 e. The number of aliphatic carboxylic acids is 1. The second-order valence-corrected chi connectivity index (χ2v) is 3.23. The van der Waals surface area contributed by atoms with Gasteiger partial charge in [-0.2, -0.15) is 0 Å². The molecule has 13 heavy (non-hydrogen) atoms. The van der Waals surface area contributed by atoms with Crippen molar-refractivity contribution in [1.82, 2.24) is 0 Å². The molecule has 0 radical (unpaired) electrons. The van der Waals surface area contributed by atoms with Crippen molar-refractivity contribution >= 4 is 5.97 Å². The number of rotatable bonds is 7. The minimum absolute atomic E-state index is 0.195. The molecule has 0 fully saturated rings. The molecule has 1 atom stereocenters. The molecule has 0 bridgehead atoms. The second kappa shape index (κ2) is 6.86. The van der Waals surface area contributed by atoms with Crippen molar-refractivity contribution in [2.45, 2.75) is 26.9 Å². The van der Waals surface area contributed by atoms with Gasteiger partial charge in [0.25, 0.3) is 0 Å². The molecule has 0 saturated heterocycles. The standard InChI is InChI=1S/C9H18O4/c1-7(2)13-5-4-12-6-8(3)9(10)11/h7-8H,4-6H2,1-3H3,(H,10,11). The highest BCUT2D eigenvalue weighted by molar-refractivity contribution is 5.69. The summed E-state index contributed by atoms with van der Waals surface area (Å²) in [5, 5.41) is 8.52. The number of carboxylic acids is 1. The SMILES string of the molecule is CC(C)OCCOCC(C)C(=O)O. The average Bonchev–Trinajstić information content (AvgIpc) is 2.02. The molecule has 0 aromatic heterocycles. The zero-order valence-electron chi connectivity index (χ0n) is 8.45. The van der Waals surface area contributed by atoms with Gasteiger partial charge < -0.3 is 14.6 Å². The van der Waals surface area contributed by atoms with Gasteiger partial charge in [0.15, 0.2) is 0 Å². The predicted molar refractivity (Wildman–Crippen MR) is 48.7 cm³/mol. The molecule has 1 unspecified atom stereocenters. The highest BCUT2D eigenvalue weighted by atomic mass is 16.5. The number of ether oxygens (including phenoxy) is 2. The maximum Gasteiger partial charge on any atom is 0.308 e. The molecule has 4 nitrogen and oxygen atoms in total. The summed E-state index contributed by atoms with van der Waals surface area (Å²) < 4.78 is 10.3. The van der Waals surface area contributed by atoms with E-state index >= 15 is 0 Å². The van der Waals surface area contributed by atoms with Crippen LogP contribution >= 0.6 is 0 Å². The molecule has 4 heteroatoms. The van der Waals surface area contributed by atoms with Gasteiger partial charge in [-0.05, 0) is 20.8 Å². The Hall–Kier alpha value is -0.610. The first-order valence-electron chi connectivity index (χ1n) is 4.46. The topological polar surface area (TPSA) is 55.8 Å². The van der Waals surface area contributed by atoms with Crippen LogP contribution in [0, 0.1) is 5.92 Å². The van der Waals surface area contributed by atoms with Gasteiger partial charge in [-0.3, -0.25) is 4.79 Å². The van der Waals surface area contributed by atoms with E-state index in [1.165, 1.54) is 0 Å². The largest absolute Gasteiger partial charge is 0.481 e. The Kier molecular flexibility index (Phi) is 6.54. The molecule has 1 N–H and O–H groups in total. The summed E-state index contributed by atoms with van der Waals surface area (Å²) >= 11 is 0.